The minimum absolute atomic E-state index is 0.0331. The second-order valence-corrected chi connectivity index (χ2v) is 6.76. The van der Waals surface area contributed by atoms with E-state index in [1.165, 1.54) is 5.56 Å². The zero-order chi connectivity index (χ0) is 18.2. The summed E-state index contributed by atoms with van der Waals surface area (Å²) in [7, 11) is 0. The molecule has 0 aliphatic carbocycles. The molecule has 1 N–H and O–H groups in total. The van der Waals surface area contributed by atoms with Crippen molar-refractivity contribution in [2.45, 2.75) is 6.54 Å². The van der Waals surface area contributed by atoms with Crippen molar-refractivity contribution >= 4 is 16.9 Å². The Morgan fingerprint density at radius 3 is 2.81 bits per heavy atom. The minimum Gasteiger partial charge on any atom is -0.454 e. The molecule has 0 saturated carbocycles. The number of aromatic nitrogens is 3. The number of fused-ring (bicyclic) bond motifs is 2. The standard InChI is InChI=1S/C19H19N5O3/c25-19(15-3-2-14-10-20-22-18(14)21-15)24-7-5-23(6-8-24)11-13-1-4-16-17(9-13)27-12-26-16/h1-4,9-10H,5-8,11-12H2,(H,20,21,22). The highest BCUT2D eigenvalue weighted by Gasteiger charge is 2.24. The van der Waals surface area contributed by atoms with Crippen LogP contribution in [0.2, 0.25) is 0 Å². The molecule has 0 spiro atoms. The molecule has 2 aromatic heterocycles. The molecule has 0 atom stereocenters. The summed E-state index contributed by atoms with van der Waals surface area (Å²) in [6, 6.07) is 9.68. The first kappa shape index (κ1) is 16.1. The normalized spacial score (nSPS) is 16.8. The number of nitrogens with zero attached hydrogens (tertiary/aromatic N) is 4. The highest BCUT2D eigenvalue weighted by Crippen LogP contribution is 2.32. The lowest BCUT2D eigenvalue weighted by atomic mass is 10.1. The number of H-pyrrole nitrogens is 1. The van der Waals surface area contributed by atoms with Gasteiger partial charge in [0.2, 0.25) is 6.79 Å². The second-order valence-electron chi connectivity index (χ2n) is 6.76. The molecule has 138 valence electrons. The summed E-state index contributed by atoms with van der Waals surface area (Å²) in [6.45, 7) is 4.14. The van der Waals surface area contributed by atoms with Gasteiger partial charge < -0.3 is 14.4 Å². The van der Waals surface area contributed by atoms with Crippen molar-refractivity contribution in [3.63, 3.8) is 0 Å². The third-order valence-electron chi connectivity index (χ3n) is 5.02. The fraction of sp³-hybridized carbons (Fsp3) is 0.316. The number of amides is 1. The Morgan fingerprint density at radius 2 is 1.93 bits per heavy atom. The molecular weight excluding hydrogens is 346 g/mol. The molecule has 27 heavy (non-hydrogen) atoms. The van der Waals surface area contributed by atoms with Crippen LogP contribution in [0.25, 0.3) is 11.0 Å². The van der Waals surface area contributed by atoms with Gasteiger partial charge in [0.1, 0.15) is 5.69 Å². The minimum atomic E-state index is -0.0331. The maximum Gasteiger partial charge on any atom is 0.272 e. The Labute approximate surface area is 155 Å². The van der Waals surface area contributed by atoms with Crippen LogP contribution in [-0.4, -0.2) is 63.9 Å². The Bertz CT molecular complexity index is 994. The molecule has 3 aromatic rings. The van der Waals surface area contributed by atoms with Gasteiger partial charge in [-0.15, -0.1) is 0 Å². The molecule has 0 radical (unpaired) electrons. The summed E-state index contributed by atoms with van der Waals surface area (Å²) in [4.78, 5) is 21.3. The number of nitrogens with one attached hydrogen (secondary N) is 1. The SMILES string of the molecule is O=C(c1ccc2cn[nH]c2n1)N1CCN(Cc2ccc3c(c2)OCO3)CC1. The van der Waals surface area contributed by atoms with Gasteiger partial charge in [0.15, 0.2) is 17.1 Å². The summed E-state index contributed by atoms with van der Waals surface area (Å²) in [5.41, 5.74) is 2.28. The van der Waals surface area contributed by atoms with E-state index in [-0.39, 0.29) is 12.7 Å². The van der Waals surface area contributed by atoms with E-state index in [9.17, 15) is 4.79 Å². The molecule has 1 saturated heterocycles. The zero-order valence-corrected chi connectivity index (χ0v) is 14.7. The molecule has 4 heterocycles. The number of benzene rings is 1. The van der Waals surface area contributed by atoms with E-state index in [0.717, 1.165) is 36.5 Å². The number of carbonyl (C=O) groups is 1. The van der Waals surface area contributed by atoms with E-state index in [4.69, 9.17) is 9.47 Å². The van der Waals surface area contributed by atoms with E-state index in [0.29, 0.717) is 24.4 Å². The first-order chi connectivity index (χ1) is 13.3. The van der Waals surface area contributed by atoms with Crippen molar-refractivity contribution in [2.75, 3.05) is 33.0 Å². The predicted octanol–water partition coefficient (Wildman–Crippen LogP) is 1.64. The molecule has 2 aliphatic rings. The molecule has 1 aromatic carbocycles. The van der Waals surface area contributed by atoms with Crippen LogP contribution in [0.3, 0.4) is 0 Å². The van der Waals surface area contributed by atoms with Crippen molar-refractivity contribution in [3.8, 4) is 11.5 Å². The lowest BCUT2D eigenvalue weighted by molar-refractivity contribution is 0.0623. The molecule has 0 bridgehead atoms. The number of ether oxygens (including phenoxy) is 2. The fourth-order valence-corrected chi connectivity index (χ4v) is 3.51. The van der Waals surface area contributed by atoms with Gasteiger partial charge in [0.25, 0.3) is 5.91 Å². The summed E-state index contributed by atoms with van der Waals surface area (Å²) < 4.78 is 10.8. The number of carbonyl (C=O) groups excluding carboxylic acids is 1. The van der Waals surface area contributed by atoms with Crippen LogP contribution >= 0.6 is 0 Å². The summed E-state index contributed by atoms with van der Waals surface area (Å²) in [5, 5.41) is 7.66. The van der Waals surface area contributed by atoms with Gasteiger partial charge in [0.05, 0.1) is 6.20 Å². The lowest BCUT2D eigenvalue weighted by Crippen LogP contribution is -2.48. The van der Waals surface area contributed by atoms with E-state index in [1.54, 1.807) is 12.3 Å². The van der Waals surface area contributed by atoms with E-state index >= 15 is 0 Å². The van der Waals surface area contributed by atoms with Crippen molar-refractivity contribution in [1.29, 1.82) is 0 Å². The topological polar surface area (TPSA) is 83.6 Å². The maximum atomic E-state index is 12.7. The Balaban J connectivity index is 1.21. The van der Waals surface area contributed by atoms with Gasteiger partial charge >= 0.3 is 0 Å². The molecule has 8 nitrogen and oxygen atoms in total. The number of pyridine rings is 1. The third kappa shape index (κ3) is 3.08. The fourth-order valence-electron chi connectivity index (χ4n) is 3.51. The van der Waals surface area contributed by atoms with E-state index in [1.807, 2.05) is 23.1 Å². The first-order valence-corrected chi connectivity index (χ1v) is 8.96. The van der Waals surface area contributed by atoms with Gasteiger partial charge in [-0.05, 0) is 29.8 Å². The maximum absolute atomic E-state index is 12.7. The number of hydrogen-bond acceptors (Lipinski definition) is 6. The smallest absolute Gasteiger partial charge is 0.272 e. The van der Waals surface area contributed by atoms with Gasteiger partial charge in [-0.3, -0.25) is 14.8 Å². The summed E-state index contributed by atoms with van der Waals surface area (Å²) in [5.74, 6) is 1.58. The van der Waals surface area contributed by atoms with Gasteiger partial charge in [0, 0.05) is 38.1 Å². The highest BCUT2D eigenvalue weighted by atomic mass is 16.7. The number of rotatable bonds is 3. The number of piperazine rings is 1. The molecule has 8 heteroatoms. The quantitative estimate of drug-likeness (QED) is 0.760. The lowest BCUT2D eigenvalue weighted by Gasteiger charge is -2.34. The van der Waals surface area contributed by atoms with E-state index < -0.39 is 0 Å². The predicted molar refractivity (Wildman–Crippen MR) is 97.6 cm³/mol. The second kappa shape index (κ2) is 6.55. The van der Waals surface area contributed by atoms with Gasteiger partial charge in [-0.25, -0.2) is 4.98 Å². The van der Waals surface area contributed by atoms with Gasteiger partial charge in [-0.1, -0.05) is 6.07 Å². The summed E-state index contributed by atoms with van der Waals surface area (Å²) in [6.07, 6.45) is 1.70. The van der Waals surface area contributed by atoms with Crippen molar-refractivity contribution in [3.05, 3.63) is 47.8 Å². The van der Waals surface area contributed by atoms with Gasteiger partial charge in [-0.2, -0.15) is 5.10 Å². The average molecular weight is 365 g/mol. The summed E-state index contributed by atoms with van der Waals surface area (Å²) >= 11 is 0. The molecule has 1 amide bonds. The molecule has 5 rings (SSSR count). The largest absolute Gasteiger partial charge is 0.454 e. The highest BCUT2D eigenvalue weighted by molar-refractivity contribution is 5.94. The van der Waals surface area contributed by atoms with Crippen molar-refractivity contribution < 1.29 is 14.3 Å². The van der Waals surface area contributed by atoms with Crippen LogP contribution in [0.5, 0.6) is 11.5 Å². The molecular formula is C19H19N5O3. The monoisotopic (exact) mass is 365 g/mol. The van der Waals surface area contributed by atoms with Crippen LogP contribution in [0, 0.1) is 0 Å². The third-order valence-corrected chi connectivity index (χ3v) is 5.02. The van der Waals surface area contributed by atoms with Crippen molar-refractivity contribution in [1.82, 2.24) is 25.0 Å². The number of aromatic amines is 1. The number of hydrogen-bond donors (Lipinski definition) is 1. The van der Waals surface area contributed by atoms with Crippen molar-refractivity contribution in [2.24, 2.45) is 0 Å². The zero-order valence-electron chi connectivity index (χ0n) is 14.7. The first-order valence-electron chi connectivity index (χ1n) is 8.96. The molecule has 1 fully saturated rings. The Kier molecular flexibility index (Phi) is 3.90. The van der Waals surface area contributed by atoms with Crippen LogP contribution in [0.1, 0.15) is 16.1 Å². The van der Waals surface area contributed by atoms with E-state index in [2.05, 4.69) is 26.1 Å². The van der Waals surface area contributed by atoms with Crippen LogP contribution in [0.15, 0.2) is 36.5 Å². The molecule has 0 unspecified atom stereocenters. The van der Waals surface area contributed by atoms with Crippen LogP contribution in [0.4, 0.5) is 0 Å². The van der Waals surface area contributed by atoms with Crippen LogP contribution in [-0.2, 0) is 6.54 Å². The van der Waals surface area contributed by atoms with Crippen LogP contribution < -0.4 is 9.47 Å². The average Bonchev–Trinajstić information content (AvgIpc) is 3.36. The Morgan fingerprint density at radius 1 is 1.07 bits per heavy atom. The Hall–Kier alpha value is -3.13. The molecule has 2 aliphatic heterocycles.